The van der Waals surface area contributed by atoms with Gasteiger partial charge in [0.2, 0.25) is 11.7 Å². The lowest BCUT2D eigenvalue weighted by atomic mass is 10.1. The monoisotopic (exact) mass is 206 g/mol. The van der Waals surface area contributed by atoms with Crippen LogP contribution in [-0.4, -0.2) is 16.4 Å². The number of nitrogens with zero attached hydrogens (tertiary/aromatic N) is 2. The number of carbonyl (C=O) groups excluding carboxylic acids is 1. The second-order valence-corrected chi connectivity index (χ2v) is 2.96. The molecule has 0 N–H and O–H groups in total. The molecule has 15 heavy (non-hydrogen) atoms. The Hall–Kier alpha value is -2.04. The molecule has 0 aliphatic carbocycles. The number of benzene rings is 1. The summed E-state index contributed by atoms with van der Waals surface area (Å²) in [4.78, 5) is 14.6. The standard InChI is InChI=1S/C10H7FN2O2/c1-6-12-10(13-15-6)7-3-2-4-9(11)8(7)5-14/h2-5H,1H3. The van der Waals surface area contributed by atoms with Crippen molar-refractivity contribution in [3.05, 3.63) is 35.5 Å². The maximum Gasteiger partial charge on any atom is 0.223 e. The van der Waals surface area contributed by atoms with E-state index in [1.807, 2.05) is 0 Å². The Kier molecular flexibility index (Phi) is 2.29. The number of aryl methyl sites for hydroxylation is 1. The molecule has 0 atom stereocenters. The molecule has 1 heterocycles. The Morgan fingerprint density at radius 3 is 2.87 bits per heavy atom. The second-order valence-electron chi connectivity index (χ2n) is 2.96. The van der Waals surface area contributed by atoms with Crippen molar-refractivity contribution in [2.24, 2.45) is 0 Å². The molecule has 1 aromatic heterocycles. The highest BCUT2D eigenvalue weighted by Gasteiger charge is 2.13. The van der Waals surface area contributed by atoms with E-state index in [-0.39, 0.29) is 11.4 Å². The van der Waals surface area contributed by atoms with Crippen LogP contribution in [0.2, 0.25) is 0 Å². The Labute approximate surface area is 84.7 Å². The molecule has 2 rings (SSSR count). The van der Waals surface area contributed by atoms with E-state index in [1.54, 1.807) is 13.0 Å². The first kappa shape index (κ1) is 9.51. The molecule has 2 aromatic rings. The minimum absolute atomic E-state index is 0.0571. The molecule has 1 aromatic carbocycles. The summed E-state index contributed by atoms with van der Waals surface area (Å²) in [5.74, 6) is -0.00911. The zero-order chi connectivity index (χ0) is 10.8. The van der Waals surface area contributed by atoms with E-state index in [0.29, 0.717) is 17.7 Å². The van der Waals surface area contributed by atoms with Crippen molar-refractivity contribution in [1.82, 2.24) is 10.1 Å². The van der Waals surface area contributed by atoms with Crippen molar-refractivity contribution in [1.29, 1.82) is 0 Å². The first-order valence-corrected chi connectivity index (χ1v) is 4.26. The smallest absolute Gasteiger partial charge is 0.223 e. The summed E-state index contributed by atoms with van der Waals surface area (Å²) in [6, 6.07) is 4.26. The average Bonchev–Trinajstić information content (AvgIpc) is 2.64. The fourth-order valence-electron chi connectivity index (χ4n) is 1.26. The van der Waals surface area contributed by atoms with Gasteiger partial charge in [0.25, 0.3) is 0 Å². The highest BCUT2D eigenvalue weighted by atomic mass is 19.1. The van der Waals surface area contributed by atoms with Gasteiger partial charge >= 0.3 is 0 Å². The number of carbonyl (C=O) groups is 1. The fourth-order valence-corrected chi connectivity index (χ4v) is 1.26. The van der Waals surface area contributed by atoms with Crippen molar-refractivity contribution in [2.75, 3.05) is 0 Å². The van der Waals surface area contributed by atoms with Gasteiger partial charge in [-0.3, -0.25) is 4.79 Å². The molecule has 0 spiro atoms. The Morgan fingerprint density at radius 2 is 2.27 bits per heavy atom. The minimum Gasteiger partial charge on any atom is -0.339 e. The van der Waals surface area contributed by atoms with Crippen LogP contribution in [0.15, 0.2) is 22.7 Å². The van der Waals surface area contributed by atoms with E-state index in [1.165, 1.54) is 12.1 Å². The average molecular weight is 206 g/mol. The number of rotatable bonds is 2. The van der Waals surface area contributed by atoms with Crippen LogP contribution in [0.1, 0.15) is 16.2 Å². The summed E-state index contributed by atoms with van der Waals surface area (Å²) in [6.07, 6.45) is 0.441. The third-order valence-corrected chi connectivity index (χ3v) is 1.94. The summed E-state index contributed by atoms with van der Waals surface area (Å²) < 4.78 is 18.0. The first-order chi connectivity index (χ1) is 7.22. The van der Waals surface area contributed by atoms with Crippen LogP contribution in [-0.2, 0) is 0 Å². The van der Waals surface area contributed by atoms with Gasteiger partial charge in [-0.05, 0) is 6.07 Å². The number of halogens is 1. The van der Waals surface area contributed by atoms with Gasteiger partial charge < -0.3 is 4.52 Å². The van der Waals surface area contributed by atoms with Crippen molar-refractivity contribution in [3.63, 3.8) is 0 Å². The highest BCUT2D eigenvalue weighted by molar-refractivity contribution is 5.85. The molecule has 0 aliphatic heterocycles. The molecule has 0 saturated heterocycles. The summed E-state index contributed by atoms with van der Waals surface area (Å²) in [7, 11) is 0. The van der Waals surface area contributed by atoms with Gasteiger partial charge in [0, 0.05) is 12.5 Å². The quantitative estimate of drug-likeness (QED) is 0.705. The fraction of sp³-hybridized carbons (Fsp3) is 0.100. The van der Waals surface area contributed by atoms with Crippen LogP contribution >= 0.6 is 0 Å². The van der Waals surface area contributed by atoms with Gasteiger partial charge in [-0.25, -0.2) is 4.39 Å². The Balaban J connectivity index is 2.62. The van der Waals surface area contributed by atoms with Gasteiger partial charge in [0.05, 0.1) is 5.56 Å². The molecular weight excluding hydrogens is 199 g/mol. The highest BCUT2D eigenvalue weighted by Crippen LogP contribution is 2.21. The topological polar surface area (TPSA) is 56.0 Å². The molecule has 0 radical (unpaired) electrons. The van der Waals surface area contributed by atoms with Gasteiger partial charge in [-0.15, -0.1) is 0 Å². The summed E-state index contributed by atoms with van der Waals surface area (Å²) in [5.41, 5.74) is 0.278. The SMILES string of the molecule is Cc1nc(-c2cccc(F)c2C=O)no1. The van der Waals surface area contributed by atoms with Crippen LogP contribution < -0.4 is 0 Å². The molecule has 76 valence electrons. The van der Waals surface area contributed by atoms with E-state index < -0.39 is 5.82 Å². The van der Waals surface area contributed by atoms with E-state index in [2.05, 4.69) is 10.1 Å². The lowest BCUT2D eigenvalue weighted by molar-refractivity contribution is 0.112. The van der Waals surface area contributed by atoms with E-state index in [9.17, 15) is 9.18 Å². The second kappa shape index (κ2) is 3.61. The zero-order valence-corrected chi connectivity index (χ0v) is 7.90. The van der Waals surface area contributed by atoms with Crippen LogP contribution in [0.25, 0.3) is 11.4 Å². The van der Waals surface area contributed by atoms with Gasteiger partial charge in [-0.1, -0.05) is 17.3 Å². The molecular formula is C10H7FN2O2. The Morgan fingerprint density at radius 1 is 1.47 bits per heavy atom. The molecule has 0 saturated carbocycles. The predicted molar refractivity (Wildman–Crippen MR) is 49.8 cm³/mol. The minimum atomic E-state index is -0.593. The lowest BCUT2D eigenvalue weighted by Gasteiger charge is -1.99. The van der Waals surface area contributed by atoms with E-state index >= 15 is 0 Å². The lowest BCUT2D eigenvalue weighted by Crippen LogP contribution is -1.93. The summed E-state index contributed by atoms with van der Waals surface area (Å²) in [6.45, 7) is 1.62. The molecule has 5 heteroatoms. The third kappa shape index (κ3) is 1.63. The van der Waals surface area contributed by atoms with Crippen molar-refractivity contribution < 1.29 is 13.7 Å². The van der Waals surface area contributed by atoms with Crippen LogP contribution in [0.4, 0.5) is 4.39 Å². The molecule has 0 aliphatic rings. The molecule has 0 fully saturated rings. The maximum atomic E-state index is 13.2. The molecule has 0 bridgehead atoms. The Bertz CT molecular complexity index is 508. The number of hydrogen-bond acceptors (Lipinski definition) is 4. The van der Waals surface area contributed by atoms with Gasteiger partial charge in [0.1, 0.15) is 5.82 Å². The van der Waals surface area contributed by atoms with Gasteiger partial charge in [-0.2, -0.15) is 4.98 Å². The maximum absolute atomic E-state index is 13.2. The van der Waals surface area contributed by atoms with Crippen molar-refractivity contribution >= 4 is 6.29 Å². The molecule has 0 amide bonds. The predicted octanol–water partition coefficient (Wildman–Crippen LogP) is 2.00. The normalized spacial score (nSPS) is 10.3. The third-order valence-electron chi connectivity index (χ3n) is 1.94. The first-order valence-electron chi connectivity index (χ1n) is 4.26. The molecule has 4 nitrogen and oxygen atoms in total. The summed E-state index contributed by atoms with van der Waals surface area (Å²) >= 11 is 0. The van der Waals surface area contributed by atoms with E-state index in [4.69, 9.17) is 4.52 Å². The van der Waals surface area contributed by atoms with Crippen LogP contribution in [0.5, 0.6) is 0 Å². The number of aldehydes is 1. The summed E-state index contributed by atoms with van der Waals surface area (Å²) in [5, 5.41) is 3.62. The van der Waals surface area contributed by atoms with Crippen LogP contribution in [0, 0.1) is 12.7 Å². The van der Waals surface area contributed by atoms with Crippen LogP contribution in [0.3, 0.4) is 0 Å². The number of aromatic nitrogens is 2. The van der Waals surface area contributed by atoms with Crippen molar-refractivity contribution in [2.45, 2.75) is 6.92 Å². The molecule has 0 unspecified atom stereocenters. The van der Waals surface area contributed by atoms with E-state index in [0.717, 1.165) is 0 Å². The number of hydrogen-bond donors (Lipinski definition) is 0. The zero-order valence-electron chi connectivity index (χ0n) is 7.90. The van der Waals surface area contributed by atoms with Gasteiger partial charge in [0.15, 0.2) is 6.29 Å². The largest absolute Gasteiger partial charge is 0.339 e. The van der Waals surface area contributed by atoms with Crippen molar-refractivity contribution in [3.8, 4) is 11.4 Å².